The lowest BCUT2D eigenvalue weighted by Crippen LogP contribution is -2.36. The molecular weight excluding hydrogens is 371 g/mol. The first-order valence-electron chi connectivity index (χ1n) is 8.80. The zero-order valence-corrected chi connectivity index (χ0v) is 16.0. The number of nitrogens with zero attached hydrogens (tertiary/aromatic N) is 1. The predicted molar refractivity (Wildman–Crippen MR) is 106 cm³/mol. The number of amides is 2. The highest BCUT2D eigenvalue weighted by Gasteiger charge is 2.09. The highest BCUT2D eigenvalue weighted by molar-refractivity contribution is 6.42. The van der Waals surface area contributed by atoms with Gasteiger partial charge in [0.2, 0.25) is 0 Å². The lowest BCUT2D eigenvalue weighted by Gasteiger charge is -2.10. The molecule has 0 aliphatic carbocycles. The van der Waals surface area contributed by atoms with Crippen LogP contribution in [0.3, 0.4) is 0 Å². The second kappa shape index (κ2) is 9.10. The van der Waals surface area contributed by atoms with E-state index in [0.717, 1.165) is 30.0 Å². The quantitative estimate of drug-likeness (QED) is 0.714. The van der Waals surface area contributed by atoms with Crippen molar-refractivity contribution < 1.29 is 4.79 Å². The molecule has 0 saturated carbocycles. The van der Waals surface area contributed by atoms with Crippen LogP contribution in [-0.2, 0) is 19.4 Å². The van der Waals surface area contributed by atoms with Gasteiger partial charge in [0.25, 0.3) is 0 Å². The largest absolute Gasteiger partial charge is 0.370 e. The second-order valence-electron chi connectivity index (χ2n) is 6.30. The van der Waals surface area contributed by atoms with Gasteiger partial charge in [0.05, 0.1) is 10.0 Å². The van der Waals surface area contributed by atoms with Crippen LogP contribution in [0.1, 0.15) is 29.7 Å². The number of pyridine rings is 1. The monoisotopic (exact) mass is 392 g/mol. The van der Waals surface area contributed by atoms with E-state index >= 15 is 0 Å². The number of hydrogen-bond donors (Lipinski definition) is 3. The van der Waals surface area contributed by atoms with E-state index in [-0.39, 0.29) is 6.03 Å². The highest BCUT2D eigenvalue weighted by Crippen LogP contribution is 2.22. The topological polar surface area (TPSA) is 66.0 Å². The summed E-state index contributed by atoms with van der Waals surface area (Å²) in [6.45, 7) is 1.89. The molecule has 0 saturated heterocycles. The zero-order valence-electron chi connectivity index (χ0n) is 14.4. The van der Waals surface area contributed by atoms with Crippen molar-refractivity contribution in [1.82, 2.24) is 15.6 Å². The van der Waals surface area contributed by atoms with E-state index in [1.165, 1.54) is 18.4 Å². The van der Waals surface area contributed by atoms with Crippen LogP contribution < -0.4 is 16.0 Å². The lowest BCUT2D eigenvalue weighted by molar-refractivity contribution is 0.240. The van der Waals surface area contributed by atoms with Gasteiger partial charge in [-0.3, -0.25) is 0 Å². The number of fused-ring (bicyclic) bond motifs is 1. The second-order valence-corrected chi connectivity index (χ2v) is 7.12. The Hall–Kier alpha value is -1.98. The Morgan fingerprint density at radius 3 is 2.85 bits per heavy atom. The first kappa shape index (κ1) is 18.8. The SMILES string of the molecule is O=C(NCCc1ccc2c(n1)NCCCC2)NCc1ccc(Cl)c(Cl)c1. The Morgan fingerprint density at radius 1 is 1.12 bits per heavy atom. The third-order valence-corrected chi connectivity index (χ3v) is 5.04. The van der Waals surface area contributed by atoms with Crippen molar-refractivity contribution in [2.45, 2.75) is 32.2 Å². The van der Waals surface area contributed by atoms with Gasteiger partial charge in [0, 0.05) is 31.7 Å². The maximum Gasteiger partial charge on any atom is 0.315 e. The Kier molecular flexibility index (Phi) is 6.58. The predicted octanol–water partition coefficient (Wildman–Crippen LogP) is 4.18. The standard InChI is InChI=1S/C19H22Cl2N4O/c20-16-7-4-13(11-17(16)21)12-24-19(26)23-10-8-15-6-5-14-3-1-2-9-22-18(14)25-15/h4-7,11H,1-3,8-10,12H2,(H,22,25)(H2,23,24,26). The summed E-state index contributed by atoms with van der Waals surface area (Å²) in [6.07, 6.45) is 4.13. The van der Waals surface area contributed by atoms with Gasteiger partial charge >= 0.3 is 6.03 Å². The van der Waals surface area contributed by atoms with Crippen molar-refractivity contribution in [3.63, 3.8) is 0 Å². The van der Waals surface area contributed by atoms with E-state index in [4.69, 9.17) is 23.2 Å². The third kappa shape index (κ3) is 5.26. The van der Waals surface area contributed by atoms with Gasteiger partial charge < -0.3 is 16.0 Å². The number of halogens is 2. The first-order chi connectivity index (χ1) is 12.6. The number of carbonyl (C=O) groups is 1. The van der Waals surface area contributed by atoms with Crippen molar-refractivity contribution in [1.29, 1.82) is 0 Å². The van der Waals surface area contributed by atoms with Gasteiger partial charge in [0.15, 0.2) is 0 Å². The van der Waals surface area contributed by atoms with Crippen molar-refractivity contribution in [2.75, 3.05) is 18.4 Å². The first-order valence-corrected chi connectivity index (χ1v) is 9.56. The normalized spacial score (nSPS) is 13.3. The molecule has 0 spiro atoms. The number of hydrogen-bond acceptors (Lipinski definition) is 3. The van der Waals surface area contributed by atoms with Crippen LogP contribution in [0, 0.1) is 0 Å². The maximum atomic E-state index is 11.9. The van der Waals surface area contributed by atoms with Gasteiger partial charge in [-0.2, -0.15) is 0 Å². The van der Waals surface area contributed by atoms with E-state index in [2.05, 4.69) is 27.0 Å². The summed E-state index contributed by atoms with van der Waals surface area (Å²) < 4.78 is 0. The van der Waals surface area contributed by atoms with Crippen molar-refractivity contribution >= 4 is 35.1 Å². The van der Waals surface area contributed by atoms with Gasteiger partial charge in [-0.15, -0.1) is 0 Å². The molecule has 3 N–H and O–H groups in total. The molecule has 2 amide bonds. The fourth-order valence-electron chi connectivity index (χ4n) is 2.87. The average Bonchev–Trinajstić information content (AvgIpc) is 2.87. The Morgan fingerprint density at radius 2 is 2.00 bits per heavy atom. The Labute approximate surface area is 163 Å². The molecule has 138 valence electrons. The van der Waals surface area contributed by atoms with Crippen LogP contribution >= 0.6 is 23.2 Å². The van der Waals surface area contributed by atoms with Crippen LogP contribution in [0.5, 0.6) is 0 Å². The molecule has 0 radical (unpaired) electrons. The van der Waals surface area contributed by atoms with Gasteiger partial charge in [-0.25, -0.2) is 9.78 Å². The molecule has 2 aromatic rings. The molecule has 1 aliphatic rings. The number of anilines is 1. The molecule has 1 aromatic heterocycles. The molecular formula is C19H22Cl2N4O. The van der Waals surface area contributed by atoms with E-state index in [1.54, 1.807) is 12.1 Å². The fourth-order valence-corrected chi connectivity index (χ4v) is 3.19. The summed E-state index contributed by atoms with van der Waals surface area (Å²) in [5, 5.41) is 10.0. The molecule has 5 nitrogen and oxygen atoms in total. The zero-order chi connectivity index (χ0) is 18.4. The number of aromatic nitrogens is 1. The summed E-state index contributed by atoms with van der Waals surface area (Å²) in [4.78, 5) is 16.6. The van der Waals surface area contributed by atoms with Crippen LogP contribution in [-0.4, -0.2) is 24.1 Å². The number of aryl methyl sites for hydroxylation is 1. The molecule has 0 bridgehead atoms. The molecule has 3 rings (SSSR count). The molecule has 1 aliphatic heterocycles. The summed E-state index contributed by atoms with van der Waals surface area (Å²) in [6, 6.07) is 9.26. The van der Waals surface area contributed by atoms with E-state index in [0.29, 0.717) is 29.6 Å². The van der Waals surface area contributed by atoms with Crippen molar-refractivity contribution in [3.8, 4) is 0 Å². The lowest BCUT2D eigenvalue weighted by atomic mass is 10.1. The minimum absolute atomic E-state index is 0.219. The van der Waals surface area contributed by atoms with Crippen LogP contribution in [0.15, 0.2) is 30.3 Å². The van der Waals surface area contributed by atoms with E-state index < -0.39 is 0 Å². The average molecular weight is 393 g/mol. The van der Waals surface area contributed by atoms with E-state index in [1.807, 2.05) is 12.1 Å². The molecule has 0 fully saturated rings. The number of rotatable bonds is 5. The summed E-state index contributed by atoms with van der Waals surface area (Å²) >= 11 is 11.9. The van der Waals surface area contributed by atoms with Crippen LogP contribution in [0.25, 0.3) is 0 Å². The summed E-state index contributed by atoms with van der Waals surface area (Å²) in [7, 11) is 0. The van der Waals surface area contributed by atoms with Crippen molar-refractivity contribution in [3.05, 3.63) is 57.2 Å². The molecule has 1 aromatic carbocycles. The van der Waals surface area contributed by atoms with Crippen LogP contribution in [0.4, 0.5) is 10.6 Å². The molecule has 26 heavy (non-hydrogen) atoms. The third-order valence-electron chi connectivity index (χ3n) is 4.31. The number of nitrogens with one attached hydrogen (secondary N) is 3. The number of urea groups is 1. The van der Waals surface area contributed by atoms with Gasteiger partial charge in [-0.05, 0) is 48.6 Å². The van der Waals surface area contributed by atoms with E-state index in [9.17, 15) is 4.79 Å². The van der Waals surface area contributed by atoms with Gasteiger partial charge in [0.1, 0.15) is 5.82 Å². The fraction of sp³-hybridized carbons (Fsp3) is 0.368. The minimum Gasteiger partial charge on any atom is -0.370 e. The van der Waals surface area contributed by atoms with Gasteiger partial charge in [-0.1, -0.05) is 35.3 Å². The molecule has 0 unspecified atom stereocenters. The summed E-state index contributed by atoms with van der Waals surface area (Å²) in [5.74, 6) is 0.990. The smallest absolute Gasteiger partial charge is 0.315 e. The summed E-state index contributed by atoms with van der Waals surface area (Å²) in [5.41, 5.74) is 3.15. The Balaban J connectivity index is 1.43. The molecule has 0 atom stereocenters. The minimum atomic E-state index is -0.219. The van der Waals surface area contributed by atoms with Crippen LogP contribution in [0.2, 0.25) is 10.0 Å². The number of carbonyl (C=O) groups excluding carboxylic acids is 1. The highest BCUT2D eigenvalue weighted by atomic mass is 35.5. The maximum absolute atomic E-state index is 11.9. The molecule has 7 heteroatoms. The van der Waals surface area contributed by atoms with Crippen molar-refractivity contribution in [2.24, 2.45) is 0 Å². The Bertz CT molecular complexity index is 782. The number of benzene rings is 1. The molecule has 2 heterocycles.